The average molecular weight is 281 g/mol. The lowest BCUT2D eigenvalue weighted by Gasteiger charge is -2.23. The monoisotopic (exact) mass is 280 g/mol. The molecule has 2 aromatic rings. The Kier molecular flexibility index (Phi) is 4.49. The lowest BCUT2D eigenvalue weighted by atomic mass is 10.4. The van der Waals surface area contributed by atoms with E-state index in [1.807, 2.05) is 4.90 Å². The van der Waals surface area contributed by atoms with Gasteiger partial charge in [-0.2, -0.15) is 24.8 Å². The van der Waals surface area contributed by atoms with Crippen LogP contribution in [0.1, 0.15) is 6.42 Å². The first-order valence-electron chi connectivity index (χ1n) is 5.73. The van der Waals surface area contributed by atoms with Crippen LogP contribution in [0.25, 0.3) is 5.78 Å². The van der Waals surface area contributed by atoms with Crippen LogP contribution < -0.4 is 4.90 Å². The number of fused-ring (bicyclic) bond motifs is 1. The van der Waals surface area contributed by atoms with E-state index in [1.54, 1.807) is 17.7 Å². The minimum atomic E-state index is 0.342. The number of hydrogen-bond donors (Lipinski definition) is 0. The van der Waals surface area contributed by atoms with Crippen molar-refractivity contribution in [1.29, 1.82) is 5.26 Å². The molecule has 2 rings (SSSR count). The van der Waals surface area contributed by atoms with E-state index < -0.39 is 0 Å². The summed E-state index contributed by atoms with van der Waals surface area (Å²) in [6.45, 7) is 1.74. The maximum absolute atomic E-state index is 8.73. The summed E-state index contributed by atoms with van der Waals surface area (Å²) in [5.74, 6) is 1.18. The normalized spacial score (nSPS) is 10.6. The predicted octanol–water partition coefficient (Wildman–Crippen LogP) is 1.14. The molecule has 0 atom stereocenters. The summed E-state index contributed by atoms with van der Waals surface area (Å²) >= 11 is 5.98. The summed E-state index contributed by atoms with van der Waals surface area (Å²) in [7, 11) is 1.63. The smallest absolute Gasteiger partial charge is 0.255 e. The molecule has 0 aromatic carbocycles. The molecule has 7 nitrogen and oxygen atoms in total. The number of anilines is 1. The lowest BCUT2D eigenvalue weighted by molar-refractivity contribution is 0.205. The highest BCUT2D eigenvalue weighted by Gasteiger charge is 2.13. The van der Waals surface area contributed by atoms with Crippen molar-refractivity contribution < 1.29 is 4.74 Å². The average Bonchev–Trinajstić information content (AvgIpc) is 2.86. The highest BCUT2D eigenvalue weighted by molar-refractivity contribution is 6.29. The zero-order valence-electron chi connectivity index (χ0n) is 10.5. The molecule has 0 aliphatic rings. The van der Waals surface area contributed by atoms with E-state index in [4.69, 9.17) is 21.6 Å². The first kappa shape index (κ1) is 13.5. The second-order valence-electron chi connectivity index (χ2n) is 3.80. The molecule has 0 spiro atoms. The van der Waals surface area contributed by atoms with Gasteiger partial charge in [0.15, 0.2) is 0 Å². The quantitative estimate of drug-likeness (QED) is 0.739. The first-order chi connectivity index (χ1) is 9.26. The van der Waals surface area contributed by atoms with E-state index in [0.717, 1.165) is 5.82 Å². The molecular formula is C11H13ClN6O. The SMILES string of the molecule is COCCN(CCC#N)c1cc(Cl)nc2ncnn12. The van der Waals surface area contributed by atoms with Gasteiger partial charge in [-0.15, -0.1) is 0 Å². The van der Waals surface area contributed by atoms with Gasteiger partial charge in [-0.25, -0.2) is 0 Å². The molecule has 0 N–H and O–H groups in total. The molecule has 19 heavy (non-hydrogen) atoms. The third-order valence-electron chi connectivity index (χ3n) is 2.58. The zero-order chi connectivity index (χ0) is 13.7. The second kappa shape index (κ2) is 6.31. The fraction of sp³-hybridized carbons (Fsp3) is 0.455. The van der Waals surface area contributed by atoms with Gasteiger partial charge >= 0.3 is 0 Å². The molecule has 0 saturated carbocycles. The molecular weight excluding hydrogens is 268 g/mol. The Bertz CT molecular complexity index is 592. The van der Waals surface area contributed by atoms with Crippen LogP contribution in [-0.4, -0.2) is 46.4 Å². The molecule has 8 heteroatoms. The molecule has 100 valence electrons. The summed E-state index contributed by atoms with van der Waals surface area (Å²) in [5, 5.41) is 13.2. The molecule has 2 aromatic heterocycles. The number of nitrogens with zero attached hydrogens (tertiary/aromatic N) is 6. The molecule has 0 saturated heterocycles. The first-order valence-corrected chi connectivity index (χ1v) is 6.11. The molecule has 0 aliphatic carbocycles. The van der Waals surface area contributed by atoms with Crippen LogP contribution in [0.15, 0.2) is 12.4 Å². The molecule has 2 heterocycles. The zero-order valence-corrected chi connectivity index (χ0v) is 11.2. The van der Waals surface area contributed by atoms with Gasteiger partial charge in [0.25, 0.3) is 5.78 Å². The Labute approximate surface area is 115 Å². The molecule has 0 radical (unpaired) electrons. The van der Waals surface area contributed by atoms with Gasteiger partial charge in [0, 0.05) is 26.3 Å². The van der Waals surface area contributed by atoms with Gasteiger partial charge in [0.1, 0.15) is 17.3 Å². The third-order valence-corrected chi connectivity index (χ3v) is 2.78. The number of ether oxygens (including phenoxy) is 1. The van der Waals surface area contributed by atoms with Gasteiger partial charge in [-0.1, -0.05) is 11.6 Å². The summed E-state index contributed by atoms with van der Waals surface area (Å²) < 4.78 is 6.68. The van der Waals surface area contributed by atoms with Crippen LogP contribution in [0.2, 0.25) is 5.15 Å². The van der Waals surface area contributed by atoms with Crippen LogP contribution >= 0.6 is 11.6 Å². The summed E-state index contributed by atoms with van der Waals surface area (Å²) in [6.07, 6.45) is 1.82. The van der Waals surface area contributed by atoms with Crippen molar-refractivity contribution in [2.24, 2.45) is 0 Å². The van der Waals surface area contributed by atoms with E-state index in [0.29, 0.717) is 37.0 Å². The Morgan fingerprint density at radius 2 is 2.37 bits per heavy atom. The topological polar surface area (TPSA) is 79.3 Å². The number of hydrogen-bond acceptors (Lipinski definition) is 6. The van der Waals surface area contributed by atoms with Gasteiger partial charge in [0.05, 0.1) is 19.1 Å². The van der Waals surface area contributed by atoms with E-state index in [1.165, 1.54) is 6.33 Å². The van der Waals surface area contributed by atoms with Crippen LogP contribution in [-0.2, 0) is 4.74 Å². The standard InChI is InChI=1S/C11H13ClN6O/c1-19-6-5-17(4-2-3-13)10-7-9(12)16-11-14-8-15-18(10)11/h7-8H,2,4-6H2,1H3. The second-order valence-corrected chi connectivity index (χ2v) is 4.18. The summed E-state index contributed by atoms with van der Waals surface area (Å²) in [5.41, 5.74) is 0. The number of aromatic nitrogens is 4. The van der Waals surface area contributed by atoms with Crippen molar-refractivity contribution in [1.82, 2.24) is 19.6 Å². The van der Waals surface area contributed by atoms with Crippen molar-refractivity contribution >= 4 is 23.2 Å². The van der Waals surface area contributed by atoms with E-state index in [2.05, 4.69) is 21.1 Å². The van der Waals surface area contributed by atoms with Crippen LogP contribution in [0, 0.1) is 11.3 Å². The Morgan fingerprint density at radius 3 is 3.11 bits per heavy atom. The largest absolute Gasteiger partial charge is 0.383 e. The molecule has 0 bridgehead atoms. The van der Waals surface area contributed by atoms with Crippen molar-refractivity contribution in [2.45, 2.75) is 6.42 Å². The molecule has 0 amide bonds. The van der Waals surface area contributed by atoms with Crippen molar-refractivity contribution in [2.75, 3.05) is 31.7 Å². The maximum atomic E-state index is 8.73. The Hall–Kier alpha value is -1.91. The fourth-order valence-corrected chi connectivity index (χ4v) is 1.89. The van der Waals surface area contributed by atoms with E-state index in [-0.39, 0.29) is 0 Å². The third kappa shape index (κ3) is 3.10. The maximum Gasteiger partial charge on any atom is 0.255 e. The molecule has 0 aliphatic heterocycles. The Balaban J connectivity index is 2.36. The highest BCUT2D eigenvalue weighted by atomic mass is 35.5. The fourth-order valence-electron chi connectivity index (χ4n) is 1.72. The number of rotatable bonds is 6. The van der Waals surface area contributed by atoms with Crippen molar-refractivity contribution in [3.05, 3.63) is 17.5 Å². The van der Waals surface area contributed by atoms with Crippen LogP contribution in [0.5, 0.6) is 0 Å². The van der Waals surface area contributed by atoms with Crippen molar-refractivity contribution in [3.63, 3.8) is 0 Å². The van der Waals surface area contributed by atoms with Crippen molar-refractivity contribution in [3.8, 4) is 6.07 Å². The highest BCUT2D eigenvalue weighted by Crippen LogP contribution is 2.19. The lowest BCUT2D eigenvalue weighted by Crippen LogP contribution is -2.30. The van der Waals surface area contributed by atoms with Crippen LogP contribution in [0.4, 0.5) is 5.82 Å². The minimum absolute atomic E-state index is 0.342. The summed E-state index contributed by atoms with van der Waals surface area (Å²) in [6, 6.07) is 3.83. The van der Waals surface area contributed by atoms with Crippen LogP contribution in [0.3, 0.4) is 0 Å². The van der Waals surface area contributed by atoms with Gasteiger partial charge < -0.3 is 9.64 Å². The number of methoxy groups -OCH3 is 1. The minimum Gasteiger partial charge on any atom is -0.383 e. The number of halogens is 1. The predicted molar refractivity (Wildman–Crippen MR) is 70.1 cm³/mol. The molecule has 0 unspecified atom stereocenters. The van der Waals surface area contributed by atoms with Gasteiger partial charge in [-0.3, -0.25) is 0 Å². The number of nitriles is 1. The Morgan fingerprint density at radius 1 is 1.53 bits per heavy atom. The van der Waals surface area contributed by atoms with E-state index >= 15 is 0 Å². The van der Waals surface area contributed by atoms with Gasteiger partial charge in [0.2, 0.25) is 0 Å². The van der Waals surface area contributed by atoms with Gasteiger partial charge in [-0.05, 0) is 0 Å². The summed E-state index contributed by atoms with van der Waals surface area (Å²) in [4.78, 5) is 10.1. The van der Waals surface area contributed by atoms with E-state index in [9.17, 15) is 0 Å². The molecule has 0 fully saturated rings.